The maximum absolute atomic E-state index is 13.0. The average Bonchev–Trinajstić information content (AvgIpc) is 2.36. The van der Waals surface area contributed by atoms with E-state index in [0.717, 1.165) is 36.4 Å². The molecule has 1 amide bonds. The van der Waals surface area contributed by atoms with Crippen LogP contribution in [0, 0.1) is 11.6 Å². The van der Waals surface area contributed by atoms with Gasteiger partial charge in [0, 0.05) is 17.3 Å². The number of amides is 1. The lowest BCUT2D eigenvalue weighted by Gasteiger charge is -2.09. The topological polar surface area (TPSA) is 38.3 Å². The molecule has 0 saturated carbocycles. The Morgan fingerprint density at radius 2 is 1.50 bits per heavy atom. The molecule has 0 saturated heterocycles. The molecule has 0 radical (unpaired) electrons. The lowest BCUT2D eigenvalue weighted by Crippen LogP contribution is -2.17. The van der Waals surface area contributed by atoms with Gasteiger partial charge in [0.1, 0.15) is 17.4 Å². The summed E-state index contributed by atoms with van der Waals surface area (Å²) in [4.78, 5) is 11.8. The summed E-state index contributed by atoms with van der Waals surface area (Å²) in [5.41, 5.74) is -0.114. The van der Waals surface area contributed by atoms with E-state index in [1.807, 2.05) is 0 Å². The van der Waals surface area contributed by atoms with Crippen LogP contribution in [0.2, 0.25) is 0 Å². The molecule has 0 aromatic heterocycles. The van der Waals surface area contributed by atoms with Crippen LogP contribution < -0.4 is 10.1 Å². The molecule has 0 bridgehead atoms. The summed E-state index contributed by atoms with van der Waals surface area (Å²) >= 11 is 0. The zero-order valence-electron chi connectivity index (χ0n) is 10.7. The van der Waals surface area contributed by atoms with E-state index >= 15 is 0 Å². The lowest BCUT2D eigenvalue weighted by molar-refractivity contribution is -0.274. The summed E-state index contributed by atoms with van der Waals surface area (Å²) in [6, 6.07) is 6.53. The van der Waals surface area contributed by atoms with Gasteiger partial charge in [0.2, 0.25) is 0 Å². The predicted octanol–water partition coefficient (Wildman–Crippen LogP) is 4.12. The molecule has 0 spiro atoms. The van der Waals surface area contributed by atoms with Crippen LogP contribution in [-0.2, 0) is 0 Å². The molecule has 1 N–H and O–H groups in total. The minimum atomic E-state index is -4.83. The van der Waals surface area contributed by atoms with Crippen molar-refractivity contribution in [3.05, 3.63) is 59.7 Å². The molecular weight excluding hydrogens is 309 g/mol. The fourth-order valence-corrected chi connectivity index (χ4v) is 1.64. The number of nitrogens with one attached hydrogen (secondary N) is 1. The number of anilines is 1. The first-order chi connectivity index (χ1) is 10.2. The molecule has 2 rings (SSSR count). The molecule has 3 nitrogen and oxygen atoms in total. The summed E-state index contributed by atoms with van der Waals surface area (Å²) < 4.78 is 65.6. The highest BCUT2D eigenvalue weighted by molar-refractivity contribution is 6.04. The van der Waals surface area contributed by atoms with Gasteiger partial charge in [-0.15, -0.1) is 13.2 Å². The van der Waals surface area contributed by atoms with Gasteiger partial charge in [0.15, 0.2) is 0 Å². The second-order valence-electron chi connectivity index (χ2n) is 4.18. The minimum absolute atomic E-state index is 0.000746. The van der Waals surface area contributed by atoms with Crippen molar-refractivity contribution in [1.29, 1.82) is 0 Å². The third-order valence-electron chi connectivity index (χ3n) is 2.47. The summed E-state index contributed by atoms with van der Waals surface area (Å²) in [6.07, 6.45) is -4.83. The van der Waals surface area contributed by atoms with Crippen molar-refractivity contribution in [2.45, 2.75) is 6.36 Å². The van der Waals surface area contributed by atoms with Crippen LogP contribution in [0.5, 0.6) is 5.75 Å². The van der Waals surface area contributed by atoms with Crippen molar-refractivity contribution < 1.29 is 31.5 Å². The Bertz CT molecular complexity index is 662. The quantitative estimate of drug-likeness (QED) is 0.865. The van der Waals surface area contributed by atoms with Gasteiger partial charge in [-0.1, -0.05) is 0 Å². The third kappa shape index (κ3) is 4.44. The number of benzene rings is 2. The second kappa shape index (κ2) is 6.00. The number of halogens is 5. The Morgan fingerprint density at radius 1 is 0.955 bits per heavy atom. The van der Waals surface area contributed by atoms with Gasteiger partial charge >= 0.3 is 6.36 Å². The van der Waals surface area contributed by atoms with Crippen molar-refractivity contribution in [1.82, 2.24) is 0 Å². The first kappa shape index (κ1) is 15.7. The Labute approximate surface area is 121 Å². The zero-order valence-corrected chi connectivity index (χ0v) is 10.7. The molecule has 0 aliphatic heterocycles. The Morgan fingerprint density at radius 3 is 2.00 bits per heavy atom. The van der Waals surface area contributed by atoms with Crippen LogP contribution in [0.4, 0.5) is 27.6 Å². The van der Waals surface area contributed by atoms with Crippen LogP contribution in [0.15, 0.2) is 42.5 Å². The molecule has 2 aromatic rings. The average molecular weight is 317 g/mol. The molecule has 8 heteroatoms. The maximum Gasteiger partial charge on any atom is 0.573 e. The molecule has 0 unspecified atom stereocenters. The van der Waals surface area contributed by atoms with Gasteiger partial charge in [-0.3, -0.25) is 4.79 Å². The van der Waals surface area contributed by atoms with Crippen molar-refractivity contribution in [2.75, 3.05) is 5.32 Å². The van der Waals surface area contributed by atoms with Crippen molar-refractivity contribution in [3.63, 3.8) is 0 Å². The third-order valence-corrected chi connectivity index (χ3v) is 2.47. The number of carbonyl (C=O) groups is 1. The van der Waals surface area contributed by atoms with E-state index in [1.165, 1.54) is 0 Å². The smallest absolute Gasteiger partial charge is 0.406 e. The number of alkyl halides is 3. The minimum Gasteiger partial charge on any atom is -0.406 e. The van der Waals surface area contributed by atoms with Gasteiger partial charge in [-0.2, -0.15) is 0 Å². The highest BCUT2D eigenvalue weighted by Gasteiger charge is 2.31. The predicted molar refractivity (Wildman–Crippen MR) is 67.4 cm³/mol. The van der Waals surface area contributed by atoms with E-state index < -0.39 is 29.7 Å². The first-order valence-corrected chi connectivity index (χ1v) is 5.86. The number of rotatable bonds is 3. The zero-order chi connectivity index (χ0) is 16.3. The fraction of sp³-hybridized carbons (Fsp3) is 0.0714. The Kier molecular flexibility index (Phi) is 4.30. The van der Waals surface area contributed by atoms with E-state index in [4.69, 9.17) is 0 Å². The summed E-state index contributed by atoms with van der Waals surface area (Å²) in [5.74, 6) is -2.96. The largest absolute Gasteiger partial charge is 0.573 e. The first-order valence-electron chi connectivity index (χ1n) is 5.86. The van der Waals surface area contributed by atoms with Crippen molar-refractivity contribution in [3.8, 4) is 5.75 Å². The molecule has 22 heavy (non-hydrogen) atoms. The van der Waals surface area contributed by atoms with Gasteiger partial charge in [-0.25, -0.2) is 8.78 Å². The molecule has 2 aromatic carbocycles. The summed E-state index contributed by atoms with van der Waals surface area (Å²) in [7, 11) is 0. The van der Waals surface area contributed by atoms with Crippen molar-refractivity contribution in [2.24, 2.45) is 0 Å². The van der Waals surface area contributed by atoms with E-state index in [0.29, 0.717) is 6.07 Å². The fourth-order valence-electron chi connectivity index (χ4n) is 1.64. The van der Waals surface area contributed by atoms with Gasteiger partial charge in [0.25, 0.3) is 5.91 Å². The molecule has 0 heterocycles. The SMILES string of the molecule is O=C(Nc1cc(F)cc(F)c1)c1ccc(OC(F)(F)F)cc1. The molecule has 0 fully saturated rings. The molecule has 0 aliphatic rings. The Hall–Kier alpha value is -2.64. The van der Waals surface area contributed by atoms with Crippen LogP contribution in [-0.4, -0.2) is 12.3 Å². The molecule has 0 aliphatic carbocycles. The van der Waals surface area contributed by atoms with Gasteiger partial charge in [-0.05, 0) is 36.4 Å². The summed E-state index contributed by atoms with van der Waals surface area (Å²) in [5, 5.41) is 2.23. The highest BCUT2D eigenvalue weighted by Crippen LogP contribution is 2.23. The standard InChI is InChI=1S/C14H8F5NO2/c15-9-5-10(16)7-11(6-9)20-13(21)8-1-3-12(4-2-8)22-14(17,18)19/h1-7H,(H,20,21). The van der Waals surface area contributed by atoms with Crippen LogP contribution in [0.25, 0.3) is 0 Å². The monoisotopic (exact) mass is 317 g/mol. The summed E-state index contributed by atoms with van der Waals surface area (Å²) in [6.45, 7) is 0. The normalized spacial score (nSPS) is 11.1. The number of hydrogen-bond donors (Lipinski definition) is 1. The lowest BCUT2D eigenvalue weighted by atomic mass is 10.2. The highest BCUT2D eigenvalue weighted by atomic mass is 19.4. The van der Waals surface area contributed by atoms with Crippen LogP contribution in [0.1, 0.15) is 10.4 Å². The molecule has 0 atom stereocenters. The van der Waals surface area contributed by atoms with E-state index in [1.54, 1.807) is 0 Å². The maximum atomic E-state index is 13.0. The molecular formula is C14H8F5NO2. The van der Waals surface area contributed by atoms with Gasteiger partial charge in [0.05, 0.1) is 0 Å². The van der Waals surface area contributed by atoms with Crippen LogP contribution in [0.3, 0.4) is 0 Å². The van der Waals surface area contributed by atoms with Crippen LogP contribution >= 0.6 is 0 Å². The number of ether oxygens (including phenoxy) is 1. The van der Waals surface area contributed by atoms with Crippen molar-refractivity contribution >= 4 is 11.6 Å². The number of hydrogen-bond acceptors (Lipinski definition) is 2. The van der Waals surface area contributed by atoms with E-state index in [9.17, 15) is 26.7 Å². The molecule has 116 valence electrons. The number of carbonyl (C=O) groups excluding carboxylic acids is 1. The van der Waals surface area contributed by atoms with Gasteiger partial charge < -0.3 is 10.1 Å². The Balaban J connectivity index is 2.09. The van der Waals surface area contributed by atoms with E-state index in [-0.39, 0.29) is 11.3 Å². The second-order valence-corrected chi connectivity index (χ2v) is 4.18. The van der Waals surface area contributed by atoms with E-state index in [2.05, 4.69) is 10.1 Å².